The summed E-state index contributed by atoms with van der Waals surface area (Å²) in [5, 5.41) is 9.82. The fourth-order valence-corrected chi connectivity index (χ4v) is 2.47. The van der Waals surface area contributed by atoms with Crippen LogP contribution in [0.15, 0.2) is 48.0 Å². The predicted octanol–water partition coefficient (Wildman–Crippen LogP) is 3.22. The number of fused-ring (bicyclic) bond motifs is 1. The van der Waals surface area contributed by atoms with Crippen molar-refractivity contribution in [2.75, 3.05) is 7.11 Å². The van der Waals surface area contributed by atoms with Crippen LogP contribution < -0.4 is 4.74 Å². The first-order valence-electron chi connectivity index (χ1n) is 6.39. The van der Waals surface area contributed by atoms with Crippen LogP contribution in [0.5, 0.6) is 11.5 Å². The molecule has 0 spiro atoms. The minimum atomic E-state index is -0.0151. The van der Waals surface area contributed by atoms with E-state index in [1.54, 1.807) is 25.3 Å². The maximum atomic E-state index is 12.3. The highest BCUT2D eigenvalue weighted by Crippen LogP contribution is 2.33. The lowest BCUT2D eigenvalue weighted by atomic mass is 10.1. The Morgan fingerprint density at radius 2 is 2.00 bits per heavy atom. The fraction of sp³-hybridized carbons (Fsp3) is 0.118. The summed E-state index contributed by atoms with van der Waals surface area (Å²) in [6, 6.07) is 12.6. The highest BCUT2D eigenvalue weighted by atomic mass is 16.5. The third kappa shape index (κ3) is 2.07. The first-order chi connectivity index (χ1) is 9.69. The number of allylic oxidation sites excluding steroid dienone is 1. The molecule has 0 saturated heterocycles. The van der Waals surface area contributed by atoms with Crippen molar-refractivity contribution in [2.45, 2.75) is 6.42 Å². The Morgan fingerprint density at radius 3 is 2.75 bits per heavy atom. The summed E-state index contributed by atoms with van der Waals surface area (Å²) in [7, 11) is 1.61. The number of carbonyl (C=O) groups is 1. The van der Waals surface area contributed by atoms with E-state index in [4.69, 9.17) is 4.74 Å². The second kappa shape index (κ2) is 4.85. The zero-order chi connectivity index (χ0) is 14.1. The highest BCUT2D eigenvalue weighted by Gasteiger charge is 2.26. The third-order valence-corrected chi connectivity index (χ3v) is 3.49. The number of phenols is 1. The monoisotopic (exact) mass is 266 g/mol. The minimum absolute atomic E-state index is 0.0151. The van der Waals surface area contributed by atoms with Crippen molar-refractivity contribution in [1.29, 1.82) is 0 Å². The van der Waals surface area contributed by atoms with Gasteiger partial charge in [-0.2, -0.15) is 0 Å². The Hall–Kier alpha value is -2.55. The molecule has 3 nitrogen and oxygen atoms in total. The van der Waals surface area contributed by atoms with Gasteiger partial charge in [-0.3, -0.25) is 4.79 Å². The van der Waals surface area contributed by atoms with Crippen molar-refractivity contribution in [3.63, 3.8) is 0 Å². The topological polar surface area (TPSA) is 46.5 Å². The van der Waals surface area contributed by atoms with Crippen LogP contribution in [0.25, 0.3) is 6.08 Å². The summed E-state index contributed by atoms with van der Waals surface area (Å²) in [5.74, 6) is 0.925. The number of phenolic OH excluding ortho intramolecular Hbond substituents is 1. The normalized spacial score (nSPS) is 15.4. The van der Waals surface area contributed by atoms with Crippen molar-refractivity contribution in [2.24, 2.45) is 0 Å². The molecule has 1 aliphatic carbocycles. The molecule has 1 aliphatic rings. The number of hydrogen-bond donors (Lipinski definition) is 1. The van der Waals surface area contributed by atoms with Gasteiger partial charge in [-0.25, -0.2) is 0 Å². The smallest absolute Gasteiger partial charge is 0.189 e. The van der Waals surface area contributed by atoms with Crippen molar-refractivity contribution < 1.29 is 14.6 Å². The van der Waals surface area contributed by atoms with Crippen molar-refractivity contribution >= 4 is 11.9 Å². The summed E-state index contributed by atoms with van der Waals surface area (Å²) in [6.45, 7) is 0. The van der Waals surface area contributed by atoms with Crippen LogP contribution in [-0.4, -0.2) is 18.0 Å². The van der Waals surface area contributed by atoms with E-state index in [1.807, 2.05) is 30.3 Å². The van der Waals surface area contributed by atoms with E-state index in [-0.39, 0.29) is 11.5 Å². The first-order valence-corrected chi connectivity index (χ1v) is 6.39. The zero-order valence-corrected chi connectivity index (χ0v) is 11.1. The molecule has 0 saturated carbocycles. The van der Waals surface area contributed by atoms with Crippen molar-refractivity contribution in [3.8, 4) is 11.5 Å². The van der Waals surface area contributed by atoms with Gasteiger partial charge < -0.3 is 9.84 Å². The van der Waals surface area contributed by atoms with Crippen LogP contribution in [0.2, 0.25) is 0 Å². The van der Waals surface area contributed by atoms with Gasteiger partial charge in [-0.05, 0) is 29.8 Å². The van der Waals surface area contributed by atoms with E-state index < -0.39 is 0 Å². The van der Waals surface area contributed by atoms with E-state index in [2.05, 4.69) is 0 Å². The molecule has 3 rings (SSSR count). The minimum Gasteiger partial charge on any atom is -0.508 e. The number of benzene rings is 2. The van der Waals surface area contributed by atoms with E-state index in [9.17, 15) is 9.90 Å². The molecular weight excluding hydrogens is 252 g/mol. The molecule has 2 aromatic carbocycles. The fourth-order valence-electron chi connectivity index (χ4n) is 2.47. The van der Waals surface area contributed by atoms with Gasteiger partial charge in [0, 0.05) is 23.1 Å². The lowest BCUT2D eigenvalue weighted by molar-refractivity contribution is 0.104. The Balaban J connectivity index is 1.99. The van der Waals surface area contributed by atoms with Crippen LogP contribution in [0.1, 0.15) is 21.5 Å². The molecular formula is C17H14O3. The number of rotatable bonds is 2. The van der Waals surface area contributed by atoms with Gasteiger partial charge in [0.1, 0.15) is 11.5 Å². The standard InChI is InChI=1S/C17H14O3/c1-20-13-5-2-4-11(9-13)8-12-10-15-14(17(12)19)6-3-7-16(15)18/h2-9,18H,10H2,1H3/b12-8+. The molecule has 0 aromatic heterocycles. The van der Waals surface area contributed by atoms with E-state index in [0.717, 1.165) is 11.3 Å². The van der Waals surface area contributed by atoms with E-state index >= 15 is 0 Å². The Bertz CT molecular complexity index is 714. The van der Waals surface area contributed by atoms with Crippen LogP contribution in [-0.2, 0) is 6.42 Å². The number of carbonyl (C=O) groups excluding carboxylic acids is 1. The summed E-state index contributed by atoms with van der Waals surface area (Å²) in [4.78, 5) is 12.3. The number of aromatic hydroxyl groups is 1. The van der Waals surface area contributed by atoms with E-state index in [0.29, 0.717) is 23.1 Å². The summed E-state index contributed by atoms with van der Waals surface area (Å²) in [5.41, 5.74) is 2.92. The van der Waals surface area contributed by atoms with Crippen LogP contribution in [0, 0.1) is 0 Å². The lowest BCUT2D eigenvalue weighted by Crippen LogP contribution is -1.95. The quantitative estimate of drug-likeness (QED) is 0.849. The molecule has 0 atom stereocenters. The number of ketones is 1. The molecule has 0 amide bonds. The first kappa shape index (κ1) is 12.5. The summed E-state index contributed by atoms with van der Waals surface area (Å²) in [6.07, 6.45) is 2.32. The van der Waals surface area contributed by atoms with Gasteiger partial charge in [0.25, 0.3) is 0 Å². The molecule has 2 aromatic rings. The average molecular weight is 266 g/mol. The second-order valence-corrected chi connectivity index (χ2v) is 4.76. The largest absolute Gasteiger partial charge is 0.508 e. The van der Waals surface area contributed by atoms with Gasteiger partial charge in [-0.1, -0.05) is 24.3 Å². The average Bonchev–Trinajstić information content (AvgIpc) is 2.78. The Morgan fingerprint density at radius 1 is 1.20 bits per heavy atom. The molecule has 0 heterocycles. The second-order valence-electron chi connectivity index (χ2n) is 4.76. The molecule has 0 aliphatic heterocycles. The van der Waals surface area contributed by atoms with Crippen LogP contribution in [0.4, 0.5) is 0 Å². The summed E-state index contributed by atoms with van der Waals surface area (Å²) < 4.78 is 5.17. The molecule has 0 fully saturated rings. The molecule has 3 heteroatoms. The SMILES string of the molecule is COc1cccc(/C=C2\Cc3c(O)cccc3C2=O)c1. The van der Waals surface area contributed by atoms with Crippen molar-refractivity contribution in [3.05, 3.63) is 64.7 Å². The molecule has 1 N–H and O–H groups in total. The van der Waals surface area contributed by atoms with Crippen LogP contribution >= 0.6 is 0 Å². The number of Topliss-reactive ketones (excluding diaryl/α,β-unsaturated/α-hetero) is 1. The van der Waals surface area contributed by atoms with Crippen molar-refractivity contribution in [1.82, 2.24) is 0 Å². The number of ether oxygens (including phenoxy) is 1. The third-order valence-electron chi connectivity index (χ3n) is 3.49. The molecule has 0 unspecified atom stereocenters. The Labute approximate surface area is 117 Å². The zero-order valence-electron chi connectivity index (χ0n) is 11.1. The lowest BCUT2D eigenvalue weighted by Gasteiger charge is -2.01. The van der Waals surface area contributed by atoms with Gasteiger partial charge in [0.05, 0.1) is 7.11 Å². The number of methoxy groups -OCH3 is 1. The molecule has 0 bridgehead atoms. The maximum absolute atomic E-state index is 12.3. The molecule has 20 heavy (non-hydrogen) atoms. The molecule has 100 valence electrons. The van der Waals surface area contributed by atoms with E-state index in [1.165, 1.54) is 0 Å². The van der Waals surface area contributed by atoms with Gasteiger partial charge in [0.15, 0.2) is 5.78 Å². The maximum Gasteiger partial charge on any atom is 0.189 e. The Kier molecular flexibility index (Phi) is 3.03. The summed E-state index contributed by atoms with van der Waals surface area (Å²) >= 11 is 0. The number of hydrogen-bond acceptors (Lipinski definition) is 3. The highest BCUT2D eigenvalue weighted by molar-refractivity contribution is 6.16. The van der Waals surface area contributed by atoms with Gasteiger partial charge in [0.2, 0.25) is 0 Å². The predicted molar refractivity (Wildman–Crippen MR) is 77.1 cm³/mol. The van der Waals surface area contributed by atoms with Gasteiger partial charge in [-0.15, -0.1) is 0 Å². The van der Waals surface area contributed by atoms with Crippen LogP contribution in [0.3, 0.4) is 0 Å². The molecule has 0 radical (unpaired) electrons. The van der Waals surface area contributed by atoms with Gasteiger partial charge >= 0.3 is 0 Å².